The smallest absolute Gasteiger partial charge is 0.294 e. The second-order valence-electron chi connectivity index (χ2n) is 9.65. The molecule has 0 bridgehead atoms. The number of fused-ring (bicyclic) bond motifs is 1. The van der Waals surface area contributed by atoms with Crippen molar-refractivity contribution in [1.29, 1.82) is 0 Å². The summed E-state index contributed by atoms with van der Waals surface area (Å²) in [6, 6.07) is 10.2. The van der Waals surface area contributed by atoms with Gasteiger partial charge >= 0.3 is 0 Å². The quantitative estimate of drug-likeness (QED) is 0.317. The Bertz CT molecular complexity index is 1200. The molecule has 8 nitrogen and oxygen atoms in total. The second-order valence-corrected chi connectivity index (χ2v) is 10.5. The van der Waals surface area contributed by atoms with Crippen molar-refractivity contribution < 1.29 is 14.5 Å². The van der Waals surface area contributed by atoms with Gasteiger partial charge in [0, 0.05) is 37.9 Å². The summed E-state index contributed by atoms with van der Waals surface area (Å²) in [5, 5.41) is 13.0. The number of piperazine rings is 1. The molecule has 0 radical (unpaired) electrons. The number of amides is 2. The fraction of sp³-hybridized carbons (Fsp3) is 0.440. The van der Waals surface area contributed by atoms with Crippen LogP contribution in [0, 0.1) is 27.9 Å². The van der Waals surface area contributed by atoms with Gasteiger partial charge in [-0.15, -0.1) is 0 Å². The summed E-state index contributed by atoms with van der Waals surface area (Å²) in [5.74, 6) is -0.702. The number of halogens is 2. The maximum atomic E-state index is 13.1. The van der Waals surface area contributed by atoms with Gasteiger partial charge in [0.15, 0.2) is 0 Å². The molecule has 5 rings (SSSR count). The van der Waals surface area contributed by atoms with Crippen LogP contribution in [-0.4, -0.2) is 42.9 Å². The van der Waals surface area contributed by atoms with Gasteiger partial charge in [0.1, 0.15) is 5.69 Å². The molecule has 3 fully saturated rings. The number of carbonyl (C=O) groups is 2. The molecule has 3 aliphatic rings. The van der Waals surface area contributed by atoms with Gasteiger partial charge in [-0.2, -0.15) is 0 Å². The van der Waals surface area contributed by atoms with Crippen LogP contribution in [0.2, 0.25) is 10.0 Å². The van der Waals surface area contributed by atoms with E-state index in [1.165, 1.54) is 11.0 Å². The number of anilines is 3. The first-order valence-corrected chi connectivity index (χ1v) is 12.6. The highest BCUT2D eigenvalue weighted by atomic mass is 35.5. The number of hydrogen-bond donors (Lipinski definition) is 0. The molecule has 3 unspecified atom stereocenters. The first-order valence-electron chi connectivity index (χ1n) is 11.9. The van der Waals surface area contributed by atoms with Crippen LogP contribution in [0.1, 0.15) is 26.2 Å². The third-order valence-corrected chi connectivity index (χ3v) is 8.23. The van der Waals surface area contributed by atoms with Gasteiger partial charge in [-0.05, 0) is 55.5 Å². The zero-order chi connectivity index (χ0) is 24.9. The van der Waals surface area contributed by atoms with Gasteiger partial charge in [0.05, 0.1) is 32.5 Å². The highest BCUT2D eigenvalue weighted by Crippen LogP contribution is 2.43. The number of nitrogens with zero attached hydrogens (tertiary/aromatic N) is 4. The SMILES string of the molecule is CC1CCC2C(=O)N(c3ccc(N4CCN(c5ccc(Cl)c(Cl)c5)CC4)c([N+](=O)[O-])c3)C(=O)C2C1. The number of nitro benzene ring substituents is 1. The summed E-state index contributed by atoms with van der Waals surface area (Å²) in [6.07, 6.45) is 2.30. The molecule has 2 saturated heterocycles. The van der Waals surface area contributed by atoms with Crippen molar-refractivity contribution in [3.05, 3.63) is 56.6 Å². The molecule has 184 valence electrons. The van der Waals surface area contributed by atoms with Gasteiger partial charge in [0.25, 0.3) is 5.69 Å². The minimum atomic E-state index is -0.440. The van der Waals surface area contributed by atoms with Crippen LogP contribution in [0.25, 0.3) is 0 Å². The molecule has 2 aliphatic heterocycles. The molecular weight excluding hydrogens is 491 g/mol. The summed E-state index contributed by atoms with van der Waals surface area (Å²) < 4.78 is 0. The molecule has 0 N–H and O–H groups in total. The number of imide groups is 1. The van der Waals surface area contributed by atoms with Gasteiger partial charge in [-0.25, -0.2) is 4.90 Å². The van der Waals surface area contributed by atoms with Crippen LogP contribution in [0.4, 0.5) is 22.7 Å². The molecule has 2 aromatic carbocycles. The Morgan fingerprint density at radius 3 is 2.20 bits per heavy atom. The lowest BCUT2D eigenvalue weighted by molar-refractivity contribution is -0.384. The van der Waals surface area contributed by atoms with Crippen molar-refractivity contribution >= 4 is 57.8 Å². The van der Waals surface area contributed by atoms with E-state index >= 15 is 0 Å². The standard InChI is InChI=1S/C25H26Cl2N4O4/c1-15-2-5-18-19(12-15)25(33)30(24(18)32)17-4-7-22(23(14-17)31(34)35)29-10-8-28(9-11-29)16-3-6-20(26)21(27)13-16/h3-4,6-7,13-15,18-19H,2,5,8-12H2,1H3. The number of hydrogen-bond acceptors (Lipinski definition) is 6. The van der Waals surface area contributed by atoms with Crippen LogP contribution >= 0.6 is 23.2 Å². The average molecular weight is 517 g/mol. The predicted octanol–water partition coefficient (Wildman–Crippen LogP) is 5.15. The molecular formula is C25H26Cl2N4O4. The number of carbonyl (C=O) groups excluding carboxylic acids is 2. The monoisotopic (exact) mass is 516 g/mol. The van der Waals surface area contributed by atoms with Crippen molar-refractivity contribution in [2.45, 2.75) is 26.2 Å². The topological polar surface area (TPSA) is 87.0 Å². The Balaban J connectivity index is 1.36. The van der Waals surface area contributed by atoms with Gasteiger partial charge in [-0.1, -0.05) is 30.1 Å². The molecule has 0 spiro atoms. The molecule has 1 aliphatic carbocycles. The van der Waals surface area contributed by atoms with E-state index in [2.05, 4.69) is 11.8 Å². The maximum absolute atomic E-state index is 13.1. The van der Waals surface area contributed by atoms with E-state index in [-0.39, 0.29) is 35.0 Å². The Morgan fingerprint density at radius 2 is 1.51 bits per heavy atom. The minimum absolute atomic E-state index is 0.102. The Labute approximate surface area is 213 Å². The molecule has 0 aromatic heterocycles. The first kappa shape index (κ1) is 23.9. The van der Waals surface area contributed by atoms with E-state index in [9.17, 15) is 19.7 Å². The van der Waals surface area contributed by atoms with Crippen LogP contribution in [-0.2, 0) is 9.59 Å². The summed E-state index contributed by atoms with van der Waals surface area (Å²) in [5.41, 5.74) is 1.62. The fourth-order valence-electron chi connectivity index (χ4n) is 5.60. The summed E-state index contributed by atoms with van der Waals surface area (Å²) in [6.45, 7) is 4.55. The first-order chi connectivity index (χ1) is 16.7. The van der Waals surface area contributed by atoms with Crippen molar-refractivity contribution in [3.63, 3.8) is 0 Å². The zero-order valence-electron chi connectivity index (χ0n) is 19.3. The van der Waals surface area contributed by atoms with E-state index in [0.717, 1.165) is 12.1 Å². The highest BCUT2D eigenvalue weighted by Gasteiger charge is 2.50. The number of rotatable bonds is 4. The Hall–Kier alpha value is -2.84. The maximum Gasteiger partial charge on any atom is 0.294 e. The minimum Gasteiger partial charge on any atom is -0.368 e. The lowest BCUT2D eigenvalue weighted by Gasteiger charge is -2.37. The van der Waals surface area contributed by atoms with Gasteiger partial charge in [0.2, 0.25) is 11.8 Å². The second kappa shape index (κ2) is 9.32. The van der Waals surface area contributed by atoms with Crippen LogP contribution in [0.5, 0.6) is 0 Å². The Kier molecular flexibility index (Phi) is 6.36. The molecule has 35 heavy (non-hydrogen) atoms. The van der Waals surface area contributed by atoms with Crippen molar-refractivity contribution in [2.24, 2.45) is 17.8 Å². The fourth-order valence-corrected chi connectivity index (χ4v) is 5.89. The Morgan fingerprint density at radius 1 is 0.857 bits per heavy atom. The van der Waals surface area contributed by atoms with E-state index in [4.69, 9.17) is 23.2 Å². The average Bonchev–Trinajstić information content (AvgIpc) is 3.09. The number of benzene rings is 2. The largest absolute Gasteiger partial charge is 0.368 e. The summed E-state index contributed by atoms with van der Waals surface area (Å²) in [4.78, 5) is 43.0. The molecule has 2 heterocycles. The molecule has 2 amide bonds. The lowest BCUT2D eigenvalue weighted by atomic mass is 9.76. The van der Waals surface area contributed by atoms with E-state index in [1.807, 2.05) is 17.0 Å². The van der Waals surface area contributed by atoms with Crippen LogP contribution in [0.3, 0.4) is 0 Å². The van der Waals surface area contributed by atoms with Crippen LogP contribution in [0.15, 0.2) is 36.4 Å². The lowest BCUT2D eigenvalue weighted by Crippen LogP contribution is -2.46. The predicted molar refractivity (Wildman–Crippen MR) is 136 cm³/mol. The van der Waals surface area contributed by atoms with Crippen LogP contribution < -0.4 is 14.7 Å². The van der Waals surface area contributed by atoms with E-state index in [0.29, 0.717) is 60.7 Å². The summed E-state index contributed by atoms with van der Waals surface area (Å²) in [7, 11) is 0. The normalized spacial score (nSPS) is 24.7. The third kappa shape index (κ3) is 4.34. The van der Waals surface area contributed by atoms with Crippen molar-refractivity contribution in [1.82, 2.24) is 0 Å². The third-order valence-electron chi connectivity index (χ3n) is 7.49. The van der Waals surface area contributed by atoms with E-state index in [1.54, 1.807) is 18.2 Å². The van der Waals surface area contributed by atoms with Crippen molar-refractivity contribution in [2.75, 3.05) is 40.9 Å². The zero-order valence-corrected chi connectivity index (χ0v) is 20.8. The highest BCUT2D eigenvalue weighted by molar-refractivity contribution is 6.42. The van der Waals surface area contributed by atoms with E-state index < -0.39 is 4.92 Å². The van der Waals surface area contributed by atoms with Gasteiger partial charge in [-0.3, -0.25) is 19.7 Å². The van der Waals surface area contributed by atoms with Crippen molar-refractivity contribution in [3.8, 4) is 0 Å². The number of nitro groups is 1. The summed E-state index contributed by atoms with van der Waals surface area (Å²) >= 11 is 12.2. The molecule has 1 saturated carbocycles. The molecule has 3 atom stereocenters. The van der Waals surface area contributed by atoms with Gasteiger partial charge < -0.3 is 9.80 Å². The molecule has 10 heteroatoms. The molecule has 2 aromatic rings.